The Morgan fingerprint density at radius 1 is 1.11 bits per heavy atom. The third kappa shape index (κ3) is 4.83. The third-order valence-electron chi connectivity index (χ3n) is 3.93. The monoisotopic (exact) mass is 383 g/mol. The Labute approximate surface area is 162 Å². The Bertz CT molecular complexity index is 907. The smallest absolute Gasteiger partial charge is 0.264 e. The zero-order valence-corrected chi connectivity index (χ0v) is 16.2. The zero-order chi connectivity index (χ0) is 19.2. The minimum absolute atomic E-state index is 0.0927. The maximum atomic E-state index is 12.1. The average Bonchev–Trinajstić information content (AvgIpc) is 3.14. The van der Waals surface area contributed by atoms with E-state index in [4.69, 9.17) is 9.47 Å². The Morgan fingerprint density at radius 3 is 2.56 bits per heavy atom. The molecule has 0 atom stereocenters. The van der Waals surface area contributed by atoms with E-state index in [9.17, 15) is 4.79 Å². The Hall–Kier alpha value is -2.93. The van der Waals surface area contributed by atoms with E-state index < -0.39 is 0 Å². The predicted octanol–water partition coefficient (Wildman–Crippen LogP) is 4.35. The lowest BCUT2D eigenvalue weighted by molar-refractivity contribution is -0.118. The molecule has 0 saturated heterocycles. The first kappa shape index (κ1) is 18.8. The molecule has 0 bridgehead atoms. The zero-order valence-electron chi connectivity index (χ0n) is 15.4. The van der Waals surface area contributed by atoms with Gasteiger partial charge in [-0.1, -0.05) is 49.4 Å². The van der Waals surface area contributed by atoms with Gasteiger partial charge in [-0.15, -0.1) is 10.2 Å². The van der Waals surface area contributed by atoms with Crippen LogP contribution in [0, 0.1) is 0 Å². The van der Waals surface area contributed by atoms with Gasteiger partial charge in [0.25, 0.3) is 5.91 Å². The van der Waals surface area contributed by atoms with Gasteiger partial charge in [0.15, 0.2) is 11.6 Å². The molecule has 3 aromatic rings. The lowest BCUT2D eigenvalue weighted by Gasteiger charge is -2.08. The summed E-state index contributed by atoms with van der Waals surface area (Å²) in [6.45, 7) is 4.17. The second-order valence-corrected chi connectivity index (χ2v) is 7.15. The van der Waals surface area contributed by atoms with Crippen LogP contribution in [0.2, 0.25) is 0 Å². The van der Waals surface area contributed by atoms with Crippen LogP contribution in [0.3, 0.4) is 0 Å². The van der Waals surface area contributed by atoms with Gasteiger partial charge in [-0.25, -0.2) is 0 Å². The number of hydrogen-bond acceptors (Lipinski definition) is 6. The van der Waals surface area contributed by atoms with E-state index >= 15 is 0 Å². The van der Waals surface area contributed by atoms with Gasteiger partial charge in [0, 0.05) is 0 Å². The number of carbonyl (C=O) groups is 1. The highest BCUT2D eigenvalue weighted by atomic mass is 32.1. The quantitative estimate of drug-likeness (QED) is 0.656. The van der Waals surface area contributed by atoms with Crippen LogP contribution in [-0.4, -0.2) is 29.8 Å². The van der Waals surface area contributed by atoms with Crippen molar-refractivity contribution >= 4 is 22.4 Å². The lowest BCUT2D eigenvalue weighted by Crippen LogP contribution is -2.20. The average molecular weight is 383 g/mol. The molecule has 0 spiro atoms. The summed E-state index contributed by atoms with van der Waals surface area (Å²) in [7, 11) is 1.60. The normalized spacial score (nSPS) is 10.7. The molecule has 2 aromatic carbocycles. The van der Waals surface area contributed by atoms with Crippen molar-refractivity contribution in [3.8, 4) is 22.1 Å². The third-order valence-corrected chi connectivity index (χ3v) is 4.80. The molecule has 0 saturated carbocycles. The number of amides is 1. The van der Waals surface area contributed by atoms with Gasteiger partial charge < -0.3 is 9.47 Å². The number of hydrogen-bond donors (Lipinski definition) is 1. The van der Waals surface area contributed by atoms with Crippen molar-refractivity contribution in [3.63, 3.8) is 0 Å². The molecule has 3 rings (SSSR count). The lowest BCUT2D eigenvalue weighted by atomic mass is 10.0. The van der Waals surface area contributed by atoms with Gasteiger partial charge in [0.1, 0.15) is 11.5 Å². The molecule has 0 aliphatic carbocycles. The first-order chi connectivity index (χ1) is 13.1. The summed E-state index contributed by atoms with van der Waals surface area (Å²) in [5, 5.41) is 11.9. The fourth-order valence-electron chi connectivity index (χ4n) is 2.46. The van der Waals surface area contributed by atoms with E-state index in [1.165, 1.54) is 16.9 Å². The van der Waals surface area contributed by atoms with E-state index in [2.05, 4.69) is 29.4 Å². The highest BCUT2D eigenvalue weighted by molar-refractivity contribution is 7.18. The fraction of sp³-hybridized carbons (Fsp3) is 0.250. The summed E-state index contributed by atoms with van der Waals surface area (Å²) < 4.78 is 10.9. The van der Waals surface area contributed by atoms with Crippen molar-refractivity contribution in [1.82, 2.24) is 10.2 Å². The minimum atomic E-state index is -0.286. The van der Waals surface area contributed by atoms with Gasteiger partial charge in [-0.3, -0.25) is 10.1 Å². The van der Waals surface area contributed by atoms with Crippen LogP contribution >= 0.6 is 11.3 Å². The highest BCUT2D eigenvalue weighted by Crippen LogP contribution is 2.33. The van der Waals surface area contributed by atoms with Gasteiger partial charge in [-0.2, -0.15) is 0 Å². The van der Waals surface area contributed by atoms with E-state index in [0.29, 0.717) is 27.6 Å². The van der Waals surface area contributed by atoms with Crippen molar-refractivity contribution in [2.75, 3.05) is 19.0 Å². The number of rotatable bonds is 7. The standard InChI is InChI=1S/C20H21N3O3S/c1-13(2)14-8-10-15(11-9-14)26-12-18(24)21-20-23-22-19(27-20)16-6-4-5-7-17(16)25-3/h4-11,13H,12H2,1-3H3,(H,21,23,24). The summed E-state index contributed by atoms with van der Waals surface area (Å²) in [5.41, 5.74) is 2.06. The summed E-state index contributed by atoms with van der Waals surface area (Å²) in [6, 6.07) is 15.3. The van der Waals surface area contributed by atoms with Crippen LogP contribution in [0.25, 0.3) is 10.6 Å². The summed E-state index contributed by atoms with van der Waals surface area (Å²) >= 11 is 1.28. The number of para-hydroxylation sites is 1. The second kappa shape index (κ2) is 8.64. The molecule has 6 nitrogen and oxygen atoms in total. The number of nitrogens with zero attached hydrogens (tertiary/aromatic N) is 2. The number of aromatic nitrogens is 2. The number of carbonyl (C=O) groups excluding carboxylic acids is 1. The van der Waals surface area contributed by atoms with Crippen molar-refractivity contribution < 1.29 is 14.3 Å². The topological polar surface area (TPSA) is 73.3 Å². The molecule has 7 heteroatoms. The van der Waals surface area contributed by atoms with Gasteiger partial charge >= 0.3 is 0 Å². The summed E-state index contributed by atoms with van der Waals surface area (Å²) in [5.74, 6) is 1.53. The van der Waals surface area contributed by atoms with Crippen molar-refractivity contribution in [2.45, 2.75) is 19.8 Å². The Balaban J connectivity index is 1.58. The molecular weight excluding hydrogens is 362 g/mol. The van der Waals surface area contributed by atoms with Crippen molar-refractivity contribution in [1.29, 1.82) is 0 Å². The molecule has 27 heavy (non-hydrogen) atoms. The molecule has 0 aliphatic rings. The van der Waals surface area contributed by atoms with Gasteiger partial charge in [-0.05, 0) is 35.7 Å². The van der Waals surface area contributed by atoms with Crippen LogP contribution in [0.15, 0.2) is 48.5 Å². The molecule has 1 amide bonds. The first-order valence-corrected chi connectivity index (χ1v) is 9.38. The SMILES string of the molecule is COc1ccccc1-c1nnc(NC(=O)COc2ccc(C(C)C)cc2)s1. The Morgan fingerprint density at radius 2 is 1.85 bits per heavy atom. The molecule has 0 aliphatic heterocycles. The molecule has 0 radical (unpaired) electrons. The van der Waals surface area contributed by atoms with E-state index in [0.717, 1.165) is 5.56 Å². The summed E-state index contributed by atoms with van der Waals surface area (Å²) in [4.78, 5) is 12.1. The van der Waals surface area contributed by atoms with E-state index in [1.807, 2.05) is 48.5 Å². The molecule has 0 fully saturated rings. The number of ether oxygens (including phenoxy) is 2. The largest absolute Gasteiger partial charge is 0.496 e. The predicted molar refractivity (Wildman–Crippen MR) is 107 cm³/mol. The van der Waals surface area contributed by atoms with Crippen LogP contribution in [0.4, 0.5) is 5.13 Å². The highest BCUT2D eigenvalue weighted by Gasteiger charge is 2.13. The first-order valence-electron chi connectivity index (χ1n) is 8.56. The minimum Gasteiger partial charge on any atom is -0.496 e. The second-order valence-electron chi connectivity index (χ2n) is 6.17. The van der Waals surface area contributed by atoms with E-state index in [1.54, 1.807) is 7.11 Å². The van der Waals surface area contributed by atoms with Crippen LogP contribution in [0.5, 0.6) is 11.5 Å². The van der Waals surface area contributed by atoms with Gasteiger partial charge in [0.2, 0.25) is 5.13 Å². The van der Waals surface area contributed by atoms with Crippen LogP contribution < -0.4 is 14.8 Å². The molecule has 0 unspecified atom stereocenters. The molecule has 1 heterocycles. The maximum absolute atomic E-state index is 12.1. The maximum Gasteiger partial charge on any atom is 0.264 e. The van der Waals surface area contributed by atoms with Crippen LogP contribution in [-0.2, 0) is 4.79 Å². The Kier molecular flexibility index (Phi) is 6.03. The van der Waals surface area contributed by atoms with Gasteiger partial charge in [0.05, 0.1) is 12.7 Å². The summed E-state index contributed by atoms with van der Waals surface area (Å²) in [6.07, 6.45) is 0. The number of benzene rings is 2. The van der Waals surface area contributed by atoms with Crippen molar-refractivity contribution in [2.24, 2.45) is 0 Å². The molecule has 140 valence electrons. The van der Waals surface area contributed by atoms with E-state index in [-0.39, 0.29) is 12.5 Å². The molecular formula is C20H21N3O3S. The molecule has 1 aromatic heterocycles. The van der Waals surface area contributed by atoms with Crippen LogP contribution in [0.1, 0.15) is 25.3 Å². The number of methoxy groups -OCH3 is 1. The number of nitrogens with one attached hydrogen (secondary N) is 1. The number of anilines is 1. The van der Waals surface area contributed by atoms with Crippen molar-refractivity contribution in [3.05, 3.63) is 54.1 Å². The molecule has 1 N–H and O–H groups in total. The fourth-order valence-corrected chi connectivity index (χ4v) is 3.25.